The lowest BCUT2D eigenvalue weighted by atomic mass is 9.87. The molecule has 0 aliphatic heterocycles. The Hall–Kier alpha value is -4.19. The molecule has 4 aromatic rings. The van der Waals surface area contributed by atoms with Gasteiger partial charge >= 0.3 is 0 Å². The lowest BCUT2D eigenvalue weighted by Crippen LogP contribution is -2.15. The van der Waals surface area contributed by atoms with E-state index in [1.807, 2.05) is 47.2 Å². The van der Waals surface area contributed by atoms with Crippen molar-refractivity contribution in [3.8, 4) is 0 Å². The highest BCUT2D eigenvalue weighted by Crippen LogP contribution is 2.23. The quantitative estimate of drug-likeness (QED) is 0.392. The molecule has 0 aliphatic rings. The Labute approximate surface area is 199 Å². The van der Waals surface area contributed by atoms with Crippen LogP contribution in [0.15, 0.2) is 91.5 Å². The number of imidazole rings is 1. The normalized spacial score (nSPS) is 11.1. The molecule has 172 valence electrons. The summed E-state index contributed by atoms with van der Waals surface area (Å²) in [6.07, 6.45) is 5.39. The van der Waals surface area contributed by atoms with Crippen LogP contribution in [-0.2, 0) is 12.0 Å². The van der Waals surface area contributed by atoms with E-state index in [-0.39, 0.29) is 17.2 Å². The molecule has 0 saturated carbocycles. The maximum atomic E-state index is 12.7. The van der Waals surface area contributed by atoms with Gasteiger partial charge in [0.05, 0.1) is 6.33 Å². The predicted octanol–water partition coefficient (Wildman–Crippen LogP) is 5.73. The zero-order valence-corrected chi connectivity index (χ0v) is 19.6. The molecule has 0 spiro atoms. The maximum Gasteiger partial charge on any atom is 0.255 e. The predicted molar refractivity (Wildman–Crippen MR) is 135 cm³/mol. The van der Waals surface area contributed by atoms with Crippen LogP contribution in [0.5, 0.6) is 0 Å². The molecular weight excluding hydrogens is 424 g/mol. The Morgan fingerprint density at radius 2 is 1.38 bits per heavy atom. The first-order valence-electron chi connectivity index (χ1n) is 11.2. The van der Waals surface area contributed by atoms with Crippen molar-refractivity contribution in [2.75, 3.05) is 10.6 Å². The monoisotopic (exact) mass is 452 g/mol. The van der Waals surface area contributed by atoms with Gasteiger partial charge in [-0.05, 0) is 59.0 Å². The van der Waals surface area contributed by atoms with Crippen LogP contribution < -0.4 is 10.6 Å². The topological polar surface area (TPSA) is 76.0 Å². The van der Waals surface area contributed by atoms with E-state index in [9.17, 15) is 9.59 Å². The van der Waals surface area contributed by atoms with E-state index in [0.717, 1.165) is 5.56 Å². The molecule has 3 aromatic carbocycles. The molecule has 0 bridgehead atoms. The second-order valence-electron chi connectivity index (χ2n) is 9.25. The van der Waals surface area contributed by atoms with Crippen LogP contribution >= 0.6 is 0 Å². The number of benzene rings is 3. The summed E-state index contributed by atoms with van der Waals surface area (Å²) in [6.45, 7) is 7.11. The Bertz CT molecular complexity index is 1270. The molecule has 2 N–H and O–H groups in total. The molecule has 1 aromatic heterocycles. The number of rotatable bonds is 6. The number of hydrogen-bond acceptors (Lipinski definition) is 3. The maximum absolute atomic E-state index is 12.7. The molecule has 0 saturated heterocycles. The number of nitrogens with zero attached hydrogens (tertiary/aromatic N) is 2. The summed E-state index contributed by atoms with van der Waals surface area (Å²) < 4.78 is 1.97. The van der Waals surface area contributed by atoms with Crippen molar-refractivity contribution in [3.05, 3.63) is 114 Å². The van der Waals surface area contributed by atoms with Gasteiger partial charge in [0.2, 0.25) is 0 Å². The van der Waals surface area contributed by atoms with Crippen molar-refractivity contribution >= 4 is 23.2 Å². The summed E-state index contributed by atoms with van der Waals surface area (Å²) in [5, 5.41) is 5.80. The highest BCUT2D eigenvalue weighted by atomic mass is 16.2. The summed E-state index contributed by atoms with van der Waals surface area (Å²) in [7, 11) is 0. The van der Waals surface area contributed by atoms with E-state index in [2.05, 4.69) is 36.4 Å². The highest BCUT2D eigenvalue weighted by Gasteiger charge is 2.14. The molecule has 0 unspecified atom stereocenters. The number of anilines is 2. The average Bonchev–Trinajstić information content (AvgIpc) is 3.32. The summed E-state index contributed by atoms with van der Waals surface area (Å²) in [5.74, 6) is -0.409. The van der Waals surface area contributed by atoms with Gasteiger partial charge in [-0.15, -0.1) is 0 Å². The van der Waals surface area contributed by atoms with E-state index in [1.54, 1.807) is 48.9 Å². The van der Waals surface area contributed by atoms with Crippen molar-refractivity contribution in [2.45, 2.75) is 32.7 Å². The average molecular weight is 453 g/mol. The van der Waals surface area contributed by atoms with E-state index in [0.29, 0.717) is 29.0 Å². The molecule has 0 radical (unpaired) electrons. The van der Waals surface area contributed by atoms with Crippen LogP contribution in [0.2, 0.25) is 0 Å². The summed E-state index contributed by atoms with van der Waals surface area (Å²) >= 11 is 0. The van der Waals surface area contributed by atoms with Crippen molar-refractivity contribution < 1.29 is 9.59 Å². The van der Waals surface area contributed by atoms with Crippen LogP contribution in [0.25, 0.3) is 0 Å². The lowest BCUT2D eigenvalue weighted by Gasteiger charge is -2.19. The third-order valence-corrected chi connectivity index (χ3v) is 5.53. The van der Waals surface area contributed by atoms with Crippen LogP contribution in [0.4, 0.5) is 11.4 Å². The minimum Gasteiger partial charge on any atom is -0.333 e. The first-order valence-corrected chi connectivity index (χ1v) is 11.2. The Morgan fingerprint density at radius 3 is 1.88 bits per heavy atom. The molecule has 6 nitrogen and oxygen atoms in total. The van der Waals surface area contributed by atoms with Gasteiger partial charge in [-0.3, -0.25) is 9.59 Å². The van der Waals surface area contributed by atoms with E-state index < -0.39 is 0 Å². The zero-order valence-electron chi connectivity index (χ0n) is 19.6. The fourth-order valence-electron chi connectivity index (χ4n) is 3.56. The first-order chi connectivity index (χ1) is 16.3. The largest absolute Gasteiger partial charge is 0.333 e. The van der Waals surface area contributed by atoms with Gasteiger partial charge in [0.15, 0.2) is 0 Å². The zero-order chi connectivity index (χ0) is 24.1. The van der Waals surface area contributed by atoms with Gasteiger partial charge < -0.3 is 15.2 Å². The molecule has 2 amide bonds. The van der Waals surface area contributed by atoms with Crippen LogP contribution in [0, 0.1) is 0 Å². The standard InChI is InChI=1S/C28H28N4O2/c1-28(2,3)23-13-11-22(12-14-23)27(34)31-25-6-4-5-24(17-25)30-26(33)21-9-7-20(8-10-21)18-32-16-15-29-19-32/h4-17,19H,18H2,1-3H3,(H,30,33)(H,31,34). The molecule has 0 fully saturated rings. The molecule has 1 heterocycles. The number of carbonyl (C=O) groups excluding carboxylic acids is 2. The lowest BCUT2D eigenvalue weighted by molar-refractivity contribution is 0.101. The van der Waals surface area contributed by atoms with Gasteiger partial charge in [0, 0.05) is 41.4 Å². The third kappa shape index (κ3) is 5.78. The van der Waals surface area contributed by atoms with E-state index in [4.69, 9.17) is 0 Å². The highest BCUT2D eigenvalue weighted by molar-refractivity contribution is 6.06. The van der Waals surface area contributed by atoms with Gasteiger partial charge in [-0.2, -0.15) is 0 Å². The van der Waals surface area contributed by atoms with Gasteiger partial charge in [0.1, 0.15) is 0 Å². The molecule has 4 rings (SSSR count). The SMILES string of the molecule is CC(C)(C)c1ccc(C(=O)Nc2cccc(NC(=O)c3ccc(Cn4ccnc4)cc3)c2)cc1. The van der Waals surface area contributed by atoms with Gasteiger partial charge in [-0.25, -0.2) is 4.98 Å². The van der Waals surface area contributed by atoms with Gasteiger partial charge in [-0.1, -0.05) is 51.1 Å². The van der Waals surface area contributed by atoms with Crippen LogP contribution in [-0.4, -0.2) is 21.4 Å². The summed E-state index contributed by atoms with van der Waals surface area (Å²) in [6, 6.07) is 22.2. The van der Waals surface area contributed by atoms with Crippen molar-refractivity contribution in [2.24, 2.45) is 0 Å². The number of hydrogen-bond donors (Lipinski definition) is 2. The summed E-state index contributed by atoms with van der Waals surface area (Å²) in [4.78, 5) is 29.4. The fraction of sp³-hybridized carbons (Fsp3) is 0.179. The Balaban J connectivity index is 1.38. The van der Waals surface area contributed by atoms with Crippen molar-refractivity contribution in [1.82, 2.24) is 9.55 Å². The molecule has 0 aliphatic carbocycles. The minimum atomic E-state index is -0.213. The third-order valence-electron chi connectivity index (χ3n) is 5.53. The summed E-state index contributed by atoms with van der Waals surface area (Å²) in [5.41, 5.74) is 4.63. The first kappa shape index (κ1) is 23.0. The van der Waals surface area contributed by atoms with E-state index >= 15 is 0 Å². The molecule has 34 heavy (non-hydrogen) atoms. The van der Waals surface area contributed by atoms with Crippen LogP contribution in [0.1, 0.15) is 52.6 Å². The number of nitrogens with one attached hydrogen (secondary N) is 2. The molecule has 0 atom stereocenters. The number of amides is 2. The smallest absolute Gasteiger partial charge is 0.255 e. The van der Waals surface area contributed by atoms with Crippen molar-refractivity contribution in [1.29, 1.82) is 0 Å². The minimum absolute atomic E-state index is 0.0297. The van der Waals surface area contributed by atoms with Gasteiger partial charge in [0.25, 0.3) is 11.8 Å². The van der Waals surface area contributed by atoms with Crippen molar-refractivity contribution in [3.63, 3.8) is 0 Å². The Kier molecular flexibility index (Phi) is 6.59. The number of carbonyl (C=O) groups is 2. The number of aromatic nitrogens is 2. The second-order valence-corrected chi connectivity index (χ2v) is 9.25. The molecule has 6 heteroatoms. The van der Waals surface area contributed by atoms with Crippen LogP contribution in [0.3, 0.4) is 0 Å². The Morgan fingerprint density at radius 1 is 0.824 bits per heavy atom. The molecular formula is C28H28N4O2. The second kappa shape index (κ2) is 9.75. The fourth-order valence-corrected chi connectivity index (χ4v) is 3.56. The van der Waals surface area contributed by atoms with E-state index in [1.165, 1.54) is 5.56 Å².